The van der Waals surface area contributed by atoms with E-state index < -0.39 is 0 Å². The van der Waals surface area contributed by atoms with E-state index in [1.54, 1.807) is 11.3 Å². The van der Waals surface area contributed by atoms with Crippen LogP contribution >= 0.6 is 11.3 Å². The molecule has 8 aromatic rings. The van der Waals surface area contributed by atoms with Gasteiger partial charge in [0.05, 0.1) is 10.2 Å². The lowest BCUT2D eigenvalue weighted by atomic mass is 9.97. The van der Waals surface area contributed by atoms with Crippen LogP contribution < -0.4 is 0 Å². The van der Waals surface area contributed by atoms with Gasteiger partial charge >= 0.3 is 0 Å². The lowest BCUT2D eigenvalue weighted by Gasteiger charge is -2.11. The Kier molecular flexibility index (Phi) is 6.98. The van der Waals surface area contributed by atoms with Crippen molar-refractivity contribution in [2.75, 3.05) is 0 Å². The van der Waals surface area contributed by atoms with E-state index in [1.807, 2.05) is 72.8 Å². The van der Waals surface area contributed by atoms with E-state index in [-0.39, 0.29) is 0 Å². The molecule has 0 bridgehead atoms. The molecule has 0 unspecified atom stereocenters. The lowest BCUT2D eigenvalue weighted by Crippen LogP contribution is -2.00. The predicted octanol–water partition coefficient (Wildman–Crippen LogP) is 10.5. The summed E-state index contributed by atoms with van der Waals surface area (Å²) in [6.07, 6.45) is 0. The molecular formula is C40H26N4S. The van der Waals surface area contributed by atoms with Crippen molar-refractivity contribution in [2.45, 2.75) is 0 Å². The Morgan fingerprint density at radius 3 is 1.38 bits per heavy atom. The van der Waals surface area contributed by atoms with Gasteiger partial charge in [-0.15, -0.1) is 11.3 Å². The number of thiazole rings is 1. The Bertz CT molecular complexity index is 2190. The quantitative estimate of drug-likeness (QED) is 0.192. The van der Waals surface area contributed by atoms with E-state index in [4.69, 9.17) is 19.9 Å². The minimum Gasteiger partial charge on any atom is -0.235 e. The molecule has 212 valence electrons. The Labute approximate surface area is 265 Å². The third-order valence-corrected chi connectivity index (χ3v) is 8.81. The van der Waals surface area contributed by atoms with Gasteiger partial charge in [0, 0.05) is 27.8 Å². The van der Waals surface area contributed by atoms with Crippen molar-refractivity contribution in [1.29, 1.82) is 0 Å². The standard InChI is InChI=1S/C40H26N4S/c1-5-14-27(15-6-1)34-25-33(26-35-36(34)41-40(45-35)30-20-11-4-12-21-30)31-22-13-23-32(24-31)39-43-37(28-16-7-2-8-17-28)42-38(44-39)29-18-9-3-10-19-29/h1-26H. The second-order valence-electron chi connectivity index (χ2n) is 10.7. The van der Waals surface area contributed by atoms with Crippen molar-refractivity contribution < 1.29 is 0 Å². The number of aromatic nitrogens is 4. The Hall–Kier alpha value is -5.78. The number of rotatable bonds is 6. The largest absolute Gasteiger partial charge is 0.235 e. The van der Waals surface area contributed by atoms with Gasteiger partial charge in [0.1, 0.15) is 5.01 Å². The first-order valence-corrected chi connectivity index (χ1v) is 15.6. The Morgan fingerprint density at radius 2 is 0.800 bits per heavy atom. The monoisotopic (exact) mass is 594 g/mol. The van der Waals surface area contributed by atoms with Crippen LogP contribution in [0.15, 0.2) is 158 Å². The zero-order valence-electron chi connectivity index (χ0n) is 24.2. The molecule has 8 rings (SSSR count). The average molecular weight is 595 g/mol. The second-order valence-corrected chi connectivity index (χ2v) is 11.8. The van der Waals surface area contributed by atoms with Crippen molar-refractivity contribution >= 4 is 21.6 Å². The van der Waals surface area contributed by atoms with Crippen molar-refractivity contribution in [3.8, 4) is 67.0 Å². The van der Waals surface area contributed by atoms with Gasteiger partial charge in [0.2, 0.25) is 0 Å². The molecule has 5 heteroatoms. The highest BCUT2D eigenvalue weighted by Gasteiger charge is 2.16. The van der Waals surface area contributed by atoms with Gasteiger partial charge in [0.15, 0.2) is 17.5 Å². The maximum atomic E-state index is 5.13. The summed E-state index contributed by atoms with van der Waals surface area (Å²) in [5.41, 5.74) is 9.43. The predicted molar refractivity (Wildman–Crippen MR) is 186 cm³/mol. The minimum atomic E-state index is 0.637. The second kappa shape index (κ2) is 11.7. The summed E-state index contributed by atoms with van der Waals surface area (Å²) in [5.74, 6) is 1.93. The summed E-state index contributed by atoms with van der Waals surface area (Å²) in [6, 6.07) is 54.0. The lowest BCUT2D eigenvalue weighted by molar-refractivity contribution is 1.07. The molecule has 2 aromatic heterocycles. The van der Waals surface area contributed by atoms with Gasteiger partial charge in [-0.05, 0) is 34.9 Å². The van der Waals surface area contributed by atoms with Crippen LogP contribution in [-0.2, 0) is 0 Å². The van der Waals surface area contributed by atoms with Crippen LogP contribution in [-0.4, -0.2) is 19.9 Å². The maximum absolute atomic E-state index is 5.13. The molecule has 0 fully saturated rings. The normalized spacial score (nSPS) is 11.1. The van der Waals surface area contributed by atoms with Crippen LogP contribution in [0.4, 0.5) is 0 Å². The Morgan fingerprint density at radius 1 is 0.333 bits per heavy atom. The molecule has 0 aliphatic rings. The van der Waals surface area contributed by atoms with Gasteiger partial charge in [0.25, 0.3) is 0 Å². The van der Waals surface area contributed by atoms with Gasteiger partial charge < -0.3 is 0 Å². The number of hydrogen-bond acceptors (Lipinski definition) is 5. The third kappa shape index (κ3) is 5.42. The van der Waals surface area contributed by atoms with Gasteiger partial charge in [-0.25, -0.2) is 19.9 Å². The fourth-order valence-corrected chi connectivity index (χ4v) is 6.55. The summed E-state index contributed by atoms with van der Waals surface area (Å²) in [7, 11) is 0. The van der Waals surface area contributed by atoms with E-state index in [0.717, 1.165) is 59.7 Å². The van der Waals surface area contributed by atoms with Crippen LogP contribution in [0.25, 0.3) is 77.2 Å². The summed E-state index contributed by atoms with van der Waals surface area (Å²) in [6.45, 7) is 0. The van der Waals surface area contributed by atoms with E-state index >= 15 is 0 Å². The fourth-order valence-electron chi connectivity index (χ4n) is 5.51. The number of fused-ring (bicyclic) bond motifs is 1. The summed E-state index contributed by atoms with van der Waals surface area (Å²) in [5, 5.41) is 1.01. The highest BCUT2D eigenvalue weighted by molar-refractivity contribution is 7.21. The molecule has 0 radical (unpaired) electrons. The van der Waals surface area contributed by atoms with Crippen molar-refractivity contribution in [3.63, 3.8) is 0 Å². The number of nitrogens with zero attached hydrogens (tertiary/aromatic N) is 4. The minimum absolute atomic E-state index is 0.637. The zero-order chi connectivity index (χ0) is 30.0. The van der Waals surface area contributed by atoms with Gasteiger partial charge in [-0.1, -0.05) is 140 Å². The molecule has 0 amide bonds. The highest BCUT2D eigenvalue weighted by Crippen LogP contribution is 2.40. The average Bonchev–Trinajstić information content (AvgIpc) is 3.57. The fraction of sp³-hybridized carbons (Fsp3) is 0. The van der Waals surface area contributed by atoms with Crippen molar-refractivity contribution in [3.05, 3.63) is 158 Å². The summed E-state index contributed by atoms with van der Waals surface area (Å²) >= 11 is 1.72. The zero-order valence-corrected chi connectivity index (χ0v) is 25.0. The van der Waals surface area contributed by atoms with E-state index in [0.29, 0.717) is 17.5 Å². The van der Waals surface area contributed by atoms with Crippen LogP contribution in [0.3, 0.4) is 0 Å². The Balaban J connectivity index is 1.28. The van der Waals surface area contributed by atoms with Crippen LogP contribution in [0.1, 0.15) is 0 Å². The molecular weight excluding hydrogens is 569 g/mol. The molecule has 0 spiro atoms. The SMILES string of the molecule is c1ccc(-c2nc(-c3ccccc3)nc(-c3cccc(-c4cc(-c5ccccc5)c5nc(-c6ccccc6)sc5c4)c3)n2)cc1. The molecule has 45 heavy (non-hydrogen) atoms. The van der Waals surface area contributed by atoms with Crippen LogP contribution in [0.2, 0.25) is 0 Å². The van der Waals surface area contributed by atoms with Crippen molar-refractivity contribution in [2.24, 2.45) is 0 Å². The molecule has 0 saturated heterocycles. The van der Waals surface area contributed by atoms with Crippen LogP contribution in [0, 0.1) is 0 Å². The molecule has 0 saturated carbocycles. The summed E-state index contributed by atoms with van der Waals surface area (Å²) in [4.78, 5) is 19.9. The molecule has 0 aliphatic heterocycles. The smallest absolute Gasteiger partial charge is 0.164 e. The molecule has 4 nitrogen and oxygen atoms in total. The van der Waals surface area contributed by atoms with Gasteiger partial charge in [-0.3, -0.25) is 0 Å². The third-order valence-electron chi connectivity index (χ3n) is 7.75. The summed E-state index contributed by atoms with van der Waals surface area (Å²) < 4.78 is 1.15. The topological polar surface area (TPSA) is 51.6 Å². The van der Waals surface area contributed by atoms with Gasteiger partial charge in [-0.2, -0.15) is 0 Å². The molecule has 6 aromatic carbocycles. The van der Waals surface area contributed by atoms with Crippen molar-refractivity contribution in [1.82, 2.24) is 19.9 Å². The number of hydrogen-bond donors (Lipinski definition) is 0. The maximum Gasteiger partial charge on any atom is 0.164 e. The highest BCUT2D eigenvalue weighted by atomic mass is 32.1. The molecule has 0 aliphatic carbocycles. The molecule has 2 heterocycles. The first-order chi connectivity index (χ1) is 22.3. The first-order valence-electron chi connectivity index (χ1n) is 14.8. The molecule has 0 atom stereocenters. The van der Waals surface area contributed by atoms with E-state index in [9.17, 15) is 0 Å². The first kappa shape index (κ1) is 26.8. The molecule has 0 N–H and O–H groups in total. The van der Waals surface area contributed by atoms with E-state index in [2.05, 4.69) is 84.9 Å². The van der Waals surface area contributed by atoms with E-state index in [1.165, 1.54) is 0 Å². The number of benzene rings is 6. The van der Waals surface area contributed by atoms with Crippen LogP contribution in [0.5, 0.6) is 0 Å².